The van der Waals surface area contributed by atoms with E-state index in [0.717, 1.165) is 31.9 Å². The normalized spacial score (nSPS) is 15.7. The van der Waals surface area contributed by atoms with Crippen molar-refractivity contribution in [3.63, 3.8) is 0 Å². The van der Waals surface area contributed by atoms with E-state index in [4.69, 9.17) is 0 Å². The first-order chi connectivity index (χ1) is 9.25. The van der Waals surface area contributed by atoms with Gasteiger partial charge in [-0.15, -0.1) is 0 Å². The van der Waals surface area contributed by atoms with Crippen LogP contribution < -0.4 is 15.9 Å². The monoisotopic (exact) mass is 259 g/mol. The summed E-state index contributed by atoms with van der Waals surface area (Å²) in [6.07, 6.45) is 1.54. The van der Waals surface area contributed by atoms with Crippen molar-refractivity contribution in [2.45, 2.75) is 0 Å². The second-order valence-corrected chi connectivity index (χ2v) is 4.66. The lowest BCUT2D eigenvalue weighted by Crippen LogP contribution is -2.43. The van der Waals surface area contributed by atoms with Crippen LogP contribution in [0.1, 0.15) is 0 Å². The van der Waals surface area contributed by atoms with E-state index in [1.165, 1.54) is 10.4 Å². The summed E-state index contributed by atoms with van der Waals surface area (Å²) >= 11 is 0. The molecule has 2 heterocycles. The molecule has 0 aliphatic carbocycles. The van der Waals surface area contributed by atoms with Gasteiger partial charge in [-0.25, -0.2) is 14.0 Å². The summed E-state index contributed by atoms with van der Waals surface area (Å²) in [7, 11) is 1.65. The van der Waals surface area contributed by atoms with Crippen LogP contribution in [0.4, 0.5) is 5.69 Å². The minimum absolute atomic E-state index is 0.130. The Morgan fingerprint density at radius 2 is 1.74 bits per heavy atom. The van der Waals surface area contributed by atoms with E-state index in [2.05, 4.69) is 27.4 Å². The summed E-state index contributed by atoms with van der Waals surface area (Å²) in [5.41, 5.74) is 1.91. The number of nitrogens with one attached hydrogen (secondary N) is 1. The average molecular weight is 259 g/mol. The molecule has 0 unspecified atom stereocenters. The third-order valence-corrected chi connectivity index (χ3v) is 3.43. The average Bonchev–Trinajstić information content (AvgIpc) is 2.80. The van der Waals surface area contributed by atoms with E-state index >= 15 is 0 Å². The molecule has 3 rings (SSSR count). The molecule has 0 bridgehead atoms. The van der Waals surface area contributed by atoms with Crippen LogP contribution in [-0.2, 0) is 7.05 Å². The topological polar surface area (TPSA) is 55.1 Å². The smallest absolute Gasteiger partial charge is 0.350 e. The highest BCUT2D eigenvalue weighted by atomic mass is 16.2. The Morgan fingerprint density at radius 3 is 2.32 bits per heavy atom. The van der Waals surface area contributed by atoms with Gasteiger partial charge in [0.05, 0.1) is 5.69 Å². The number of anilines is 1. The SMILES string of the molecule is Cn1ncn(-c2ccc(N3CCNCC3)cc2)c1=O. The molecule has 1 aliphatic heterocycles. The largest absolute Gasteiger partial charge is 0.369 e. The van der Waals surface area contributed by atoms with Crippen molar-refractivity contribution in [3.8, 4) is 5.69 Å². The number of hydrogen-bond donors (Lipinski definition) is 1. The lowest BCUT2D eigenvalue weighted by atomic mass is 10.2. The third-order valence-electron chi connectivity index (χ3n) is 3.43. The van der Waals surface area contributed by atoms with E-state index in [1.807, 2.05) is 12.1 Å². The molecule has 2 aromatic rings. The Kier molecular flexibility index (Phi) is 3.08. The first-order valence-electron chi connectivity index (χ1n) is 6.42. The van der Waals surface area contributed by atoms with Gasteiger partial charge in [-0.2, -0.15) is 5.10 Å². The molecule has 1 N–H and O–H groups in total. The fourth-order valence-electron chi connectivity index (χ4n) is 2.31. The summed E-state index contributed by atoms with van der Waals surface area (Å²) in [4.78, 5) is 14.1. The van der Waals surface area contributed by atoms with Gasteiger partial charge in [0, 0.05) is 38.9 Å². The predicted molar refractivity (Wildman–Crippen MR) is 73.9 cm³/mol. The van der Waals surface area contributed by atoms with Crippen LogP contribution >= 0.6 is 0 Å². The second kappa shape index (κ2) is 4.89. The maximum absolute atomic E-state index is 11.8. The van der Waals surface area contributed by atoms with Gasteiger partial charge in [-0.05, 0) is 24.3 Å². The number of nitrogens with zero attached hydrogens (tertiary/aromatic N) is 4. The molecule has 1 aliphatic rings. The molecule has 0 radical (unpaired) electrons. The van der Waals surface area contributed by atoms with Crippen molar-refractivity contribution in [1.82, 2.24) is 19.7 Å². The van der Waals surface area contributed by atoms with E-state index in [-0.39, 0.29) is 5.69 Å². The van der Waals surface area contributed by atoms with Crippen molar-refractivity contribution < 1.29 is 0 Å². The minimum Gasteiger partial charge on any atom is -0.369 e. The molecule has 6 heteroatoms. The first kappa shape index (κ1) is 12.0. The molecule has 0 saturated carbocycles. The standard InChI is InChI=1S/C13H17N5O/c1-16-13(19)18(10-15-16)12-4-2-11(3-5-12)17-8-6-14-7-9-17/h2-5,10,14H,6-9H2,1H3. The molecular weight excluding hydrogens is 242 g/mol. The quantitative estimate of drug-likeness (QED) is 0.823. The highest BCUT2D eigenvalue weighted by molar-refractivity contribution is 5.51. The minimum atomic E-state index is -0.130. The third kappa shape index (κ3) is 2.26. The van der Waals surface area contributed by atoms with Gasteiger partial charge >= 0.3 is 5.69 Å². The van der Waals surface area contributed by atoms with E-state index in [9.17, 15) is 4.79 Å². The fraction of sp³-hybridized carbons (Fsp3) is 0.385. The highest BCUT2D eigenvalue weighted by Crippen LogP contribution is 2.17. The van der Waals surface area contributed by atoms with Crippen molar-refractivity contribution in [3.05, 3.63) is 41.1 Å². The van der Waals surface area contributed by atoms with Crippen LogP contribution in [0, 0.1) is 0 Å². The summed E-state index contributed by atoms with van der Waals surface area (Å²) in [6, 6.07) is 8.03. The highest BCUT2D eigenvalue weighted by Gasteiger charge is 2.10. The summed E-state index contributed by atoms with van der Waals surface area (Å²) in [5, 5.41) is 7.29. The molecular formula is C13H17N5O. The summed E-state index contributed by atoms with van der Waals surface area (Å²) in [5.74, 6) is 0. The Bertz CT molecular complexity index is 607. The van der Waals surface area contributed by atoms with Gasteiger partial charge in [0.2, 0.25) is 0 Å². The predicted octanol–water partition coefficient (Wildman–Crippen LogP) is -0.0194. The molecule has 1 aromatic carbocycles. The van der Waals surface area contributed by atoms with E-state index < -0.39 is 0 Å². The lowest BCUT2D eigenvalue weighted by Gasteiger charge is -2.29. The number of rotatable bonds is 2. The maximum atomic E-state index is 11.8. The first-order valence-corrected chi connectivity index (χ1v) is 6.42. The van der Waals surface area contributed by atoms with Crippen LogP contribution in [0.25, 0.3) is 5.69 Å². The Labute approximate surface area is 111 Å². The van der Waals surface area contributed by atoms with Crippen molar-refractivity contribution in [2.24, 2.45) is 7.05 Å². The van der Waals surface area contributed by atoms with Gasteiger partial charge in [0.25, 0.3) is 0 Å². The molecule has 100 valence electrons. The van der Waals surface area contributed by atoms with Crippen molar-refractivity contribution >= 4 is 5.69 Å². The van der Waals surface area contributed by atoms with Gasteiger partial charge in [-0.1, -0.05) is 0 Å². The van der Waals surface area contributed by atoms with Crippen molar-refractivity contribution in [2.75, 3.05) is 31.1 Å². The van der Waals surface area contributed by atoms with Gasteiger partial charge in [0.1, 0.15) is 6.33 Å². The molecule has 0 amide bonds. The van der Waals surface area contributed by atoms with Gasteiger partial charge < -0.3 is 10.2 Å². The Morgan fingerprint density at radius 1 is 1.11 bits per heavy atom. The van der Waals surface area contributed by atoms with Crippen LogP contribution in [0.3, 0.4) is 0 Å². The fourth-order valence-corrected chi connectivity index (χ4v) is 2.31. The van der Waals surface area contributed by atoms with Crippen molar-refractivity contribution in [1.29, 1.82) is 0 Å². The maximum Gasteiger partial charge on any atom is 0.350 e. The molecule has 19 heavy (non-hydrogen) atoms. The molecule has 1 fully saturated rings. The van der Waals surface area contributed by atoms with Crippen LogP contribution in [0.15, 0.2) is 35.4 Å². The Hall–Kier alpha value is -2.08. The number of aryl methyl sites for hydroxylation is 1. The Balaban J connectivity index is 1.86. The summed E-state index contributed by atoms with van der Waals surface area (Å²) in [6.45, 7) is 4.08. The lowest BCUT2D eigenvalue weighted by molar-refractivity contribution is 0.589. The molecule has 6 nitrogen and oxygen atoms in total. The van der Waals surface area contributed by atoms with Crippen LogP contribution in [0.5, 0.6) is 0 Å². The van der Waals surface area contributed by atoms with E-state index in [1.54, 1.807) is 17.9 Å². The van der Waals surface area contributed by atoms with Crippen LogP contribution in [-0.4, -0.2) is 40.5 Å². The molecule has 1 aromatic heterocycles. The van der Waals surface area contributed by atoms with E-state index in [0.29, 0.717) is 0 Å². The number of aromatic nitrogens is 3. The zero-order chi connectivity index (χ0) is 13.2. The number of benzene rings is 1. The van der Waals surface area contributed by atoms with Gasteiger partial charge in [0.15, 0.2) is 0 Å². The van der Waals surface area contributed by atoms with Crippen LogP contribution in [0.2, 0.25) is 0 Å². The molecule has 0 spiro atoms. The number of piperazine rings is 1. The van der Waals surface area contributed by atoms with Gasteiger partial charge in [-0.3, -0.25) is 0 Å². The zero-order valence-corrected chi connectivity index (χ0v) is 10.9. The summed E-state index contributed by atoms with van der Waals surface area (Å²) < 4.78 is 2.87. The second-order valence-electron chi connectivity index (χ2n) is 4.66. The molecule has 0 atom stereocenters. The number of hydrogen-bond acceptors (Lipinski definition) is 4. The molecule has 1 saturated heterocycles. The zero-order valence-electron chi connectivity index (χ0n) is 10.9.